The van der Waals surface area contributed by atoms with Crippen LogP contribution >= 0.6 is 24.0 Å². The Hall–Kier alpha value is -1.22. The third-order valence-corrected chi connectivity index (χ3v) is 4.52. The van der Waals surface area contributed by atoms with Gasteiger partial charge in [-0.3, -0.25) is 4.99 Å². The molecule has 0 spiro atoms. The summed E-state index contributed by atoms with van der Waals surface area (Å²) < 4.78 is 10.5. The fourth-order valence-electron chi connectivity index (χ4n) is 3.11. The number of hydrogen-bond acceptors (Lipinski definition) is 4. The van der Waals surface area contributed by atoms with E-state index in [1.165, 1.54) is 51.7 Å². The van der Waals surface area contributed by atoms with Crippen LogP contribution in [0.4, 0.5) is 5.69 Å². The number of nitrogens with zero attached hydrogens (tertiary/aromatic N) is 2. The van der Waals surface area contributed by atoms with Gasteiger partial charge in [0.2, 0.25) is 0 Å². The zero-order chi connectivity index (χ0) is 17.9. The van der Waals surface area contributed by atoms with Crippen LogP contribution in [-0.4, -0.2) is 51.3 Å². The van der Waals surface area contributed by atoms with Gasteiger partial charge in [-0.2, -0.15) is 0 Å². The largest absolute Gasteiger partial charge is 0.493 e. The molecule has 1 fully saturated rings. The van der Waals surface area contributed by atoms with Crippen LogP contribution < -0.4 is 20.5 Å². The first-order valence-corrected chi connectivity index (χ1v) is 9.24. The molecule has 0 aromatic heterocycles. The van der Waals surface area contributed by atoms with Gasteiger partial charge in [0, 0.05) is 18.3 Å². The SMILES string of the molecule is COc1ccc(NC(N)=NCCCCCN2CCCCC2)cc1OC.I. The molecule has 3 N–H and O–H groups in total. The van der Waals surface area contributed by atoms with Crippen molar-refractivity contribution in [2.24, 2.45) is 10.7 Å². The van der Waals surface area contributed by atoms with Gasteiger partial charge < -0.3 is 25.4 Å². The average molecular weight is 476 g/mol. The number of methoxy groups -OCH3 is 2. The maximum absolute atomic E-state index is 5.96. The van der Waals surface area contributed by atoms with E-state index in [-0.39, 0.29) is 24.0 Å². The van der Waals surface area contributed by atoms with Crippen molar-refractivity contribution in [1.29, 1.82) is 0 Å². The number of halogens is 1. The summed E-state index contributed by atoms with van der Waals surface area (Å²) in [6.07, 6.45) is 7.65. The van der Waals surface area contributed by atoms with Gasteiger partial charge in [-0.05, 0) is 57.5 Å². The smallest absolute Gasteiger partial charge is 0.193 e. The standard InChI is InChI=1S/C19H32N4O2.HI/c1-24-17-10-9-16(15-18(17)25-2)22-19(20)21-11-5-3-6-12-23-13-7-4-8-14-23;/h9-10,15H,3-8,11-14H2,1-2H3,(H3,20,21,22);1H. The fourth-order valence-corrected chi connectivity index (χ4v) is 3.11. The molecular weight excluding hydrogens is 443 g/mol. The molecule has 148 valence electrons. The van der Waals surface area contributed by atoms with E-state index >= 15 is 0 Å². The number of anilines is 1. The first-order valence-electron chi connectivity index (χ1n) is 9.24. The summed E-state index contributed by atoms with van der Waals surface area (Å²) in [5, 5.41) is 3.09. The molecule has 0 atom stereocenters. The van der Waals surface area contributed by atoms with E-state index in [0.29, 0.717) is 17.5 Å². The first-order chi connectivity index (χ1) is 12.2. The Bertz CT molecular complexity index is 548. The van der Waals surface area contributed by atoms with Gasteiger partial charge in [0.15, 0.2) is 17.5 Å². The number of benzene rings is 1. The Morgan fingerprint density at radius 2 is 1.81 bits per heavy atom. The molecule has 0 unspecified atom stereocenters. The highest BCUT2D eigenvalue weighted by atomic mass is 127. The van der Waals surface area contributed by atoms with Gasteiger partial charge in [-0.1, -0.05) is 12.8 Å². The molecule has 2 rings (SSSR count). The quantitative estimate of drug-likeness (QED) is 0.246. The number of unbranched alkanes of at least 4 members (excludes halogenated alkanes) is 2. The molecule has 1 saturated heterocycles. The Morgan fingerprint density at radius 3 is 2.50 bits per heavy atom. The van der Waals surface area contributed by atoms with Crippen LogP contribution in [0.2, 0.25) is 0 Å². The second kappa shape index (κ2) is 13.0. The highest BCUT2D eigenvalue weighted by Crippen LogP contribution is 2.29. The van der Waals surface area contributed by atoms with Crippen LogP contribution in [0.15, 0.2) is 23.2 Å². The van der Waals surface area contributed by atoms with Gasteiger partial charge in [-0.25, -0.2) is 0 Å². The molecule has 0 radical (unpaired) electrons. The topological polar surface area (TPSA) is 72.1 Å². The summed E-state index contributed by atoms with van der Waals surface area (Å²) in [4.78, 5) is 6.98. The van der Waals surface area contributed by atoms with Crippen molar-refractivity contribution in [3.63, 3.8) is 0 Å². The molecule has 0 amide bonds. The molecule has 1 aromatic rings. The maximum atomic E-state index is 5.96. The molecule has 1 heterocycles. The van der Waals surface area contributed by atoms with Gasteiger partial charge in [0.05, 0.1) is 14.2 Å². The van der Waals surface area contributed by atoms with Crippen LogP contribution in [0.5, 0.6) is 11.5 Å². The number of guanidine groups is 1. The van der Waals surface area contributed by atoms with E-state index < -0.39 is 0 Å². The van der Waals surface area contributed by atoms with Gasteiger partial charge in [0.1, 0.15) is 0 Å². The normalized spacial score (nSPS) is 15.2. The minimum atomic E-state index is 0. The summed E-state index contributed by atoms with van der Waals surface area (Å²) in [7, 11) is 3.23. The molecule has 1 aromatic carbocycles. The lowest BCUT2D eigenvalue weighted by molar-refractivity contribution is 0.224. The summed E-state index contributed by atoms with van der Waals surface area (Å²) in [5.41, 5.74) is 6.80. The van der Waals surface area contributed by atoms with Crippen molar-refractivity contribution < 1.29 is 9.47 Å². The summed E-state index contributed by atoms with van der Waals surface area (Å²) >= 11 is 0. The predicted molar refractivity (Wildman–Crippen MR) is 119 cm³/mol. The number of nitrogens with one attached hydrogen (secondary N) is 1. The molecule has 0 saturated carbocycles. The highest BCUT2D eigenvalue weighted by Gasteiger charge is 2.08. The number of aliphatic imine (C=N–C) groups is 1. The molecule has 0 bridgehead atoms. The van der Waals surface area contributed by atoms with Crippen molar-refractivity contribution in [2.45, 2.75) is 38.5 Å². The van der Waals surface area contributed by atoms with E-state index in [1.807, 2.05) is 18.2 Å². The van der Waals surface area contributed by atoms with Gasteiger partial charge >= 0.3 is 0 Å². The highest BCUT2D eigenvalue weighted by molar-refractivity contribution is 14.0. The third kappa shape index (κ3) is 7.99. The Balaban J connectivity index is 0.00000338. The molecule has 26 heavy (non-hydrogen) atoms. The Labute approximate surface area is 174 Å². The lowest BCUT2D eigenvalue weighted by Crippen LogP contribution is -2.30. The number of hydrogen-bond donors (Lipinski definition) is 2. The van der Waals surface area contributed by atoms with Crippen molar-refractivity contribution in [3.05, 3.63) is 18.2 Å². The minimum absolute atomic E-state index is 0. The summed E-state index contributed by atoms with van der Waals surface area (Å²) in [6, 6.07) is 5.58. The predicted octanol–water partition coefficient (Wildman–Crippen LogP) is 3.70. The Morgan fingerprint density at radius 1 is 1.08 bits per heavy atom. The minimum Gasteiger partial charge on any atom is -0.493 e. The number of ether oxygens (including phenoxy) is 2. The fraction of sp³-hybridized carbons (Fsp3) is 0.632. The lowest BCUT2D eigenvalue weighted by atomic mass is 10.1. The summed E-state index contributed by atoms with van der Waals surface area (Å²) in [5.74, 6) is 1.79. The van der Waals surface area contributed by atoms with E-state index in [9.17, 15) is 0 Å². The summed E-state index contributed by atoms with van der Waals surface area (Å²) in [6.45, 7) is 4.54. The molecule has 1 aliphatic heterocycles. The number of rotatable bonds is 9. The van der Waals surface area contributed by atoms with Crippen molar-refractivity contribution >= 4 is 35.6 Å². The van der Waals surface area contributed by atoms with E-state index in [4.69, 9.17) is 15.2 Å². The van der Waals surface area contributed by atoms with E-state index in [2.05, 4.69) is 15.2 Å². The van der Waals surface area contributed by atoms with Crippen molar-refractivity contribution in [1.82, 2.24) is 4.90 Å². The van der Waals surface area contributed by atoms with Crippen molar-refractivity contribution in [2.75, 3.05) is 45.7 Å². The molecule has 1 aliphatic rings. The van der Waals surface area contributed by atoms with Crippen LogP contribution in [0.1, 0.15) is 38.5 Å². The second-order valence-electron chi connectivity index (χ2n) is 6.42. The van der Waals surface area contributed by atoms with Crippen LogP contribution in [-0.2, 0) is 0 Å². The third-order valence-electron chi connectivity index (χ3n) is 4.52. The molecule has 6 nitrogen and oxygen atoms in total. The maximum Gasteiger partial charge on any atom is 0.193 e. The van der Waals surface area contributed by atoms with Gasteiger partial charge in [0.25, 0.3) is 0 Å². The van der Waals surface area contributed by atoms with Gasteiger partial charge in [-0.15, -0.1) is 24.0 Å². The van der Waals surface area contributed by atoms with E-state index in [0.717, 1.165) is 18.7 Å². The zero-order valence-electron chi connectivity index (χ0n) is 16.0. The Kier molecular flexibility index (Phi) is 11.4. The van der Waals surface area contributed by atoms with Crippen molar-refractivity contribution in [3.8, 4) is 11.5 Å². The monoisotopic (exact) mass is 476 g/mol. The van der Waals surface area contributed by atoms with Crippen LogP contribution in [0.3, 0.4) is 0 Å². The first kappa shape index (κ1) is 22.8. The molecular formula is C19H33IN4O2. The van der Waals surface area contributed by atoms with E-state index in [1.54, 1.807) is 14.2 Å². The average Bonchev–Trinajstić information content (AvgIpc) is 2.65. The lowest BCUT2D eigenvalue weighted by Gasteiger charge is -2.26. The number of likely N-dealkylation sites (tertiary alicyclic amines) is 1. The number of piperidine rings is 1. The van der Waals surface area contributed by atoms with Crippen LogP contribution in [0, 0.1) is 0 Å². The zero-order valence-corrected chi connectivity index (χ0v) is 18.3. The molecule has 0 aliphatic carbocycles. The second-order valence-corrected chi connectivity index (χ2v) is 6.42. The number of nitrogens with two attached hydrogens (primary N) is 1. The van der Waals surface area contributed by atoms with Crippen LogP contribution in [0.25, 0.3) is 0 Å². The molecule has 7 heteroatoms.